The predicted octanol–water partition coefficient (Wildman–Crippen LogP) is 0.932. The molecule has 0 saturated carbocycles. The first kappa shape index (κ1) is 16.7. The molecule has 0 radical (unpaired) electrons. The number of carboxylic acid groups (broad SMARTS) is 1. The van der Waals surface area contributed by atoms with Gasteiger partial charge in [0.25, 0.3) is 0 Å². The monoisotopic (exact) mass is 307 g/mol. The molecular weight excluding hydrogens is 286 g/mol. The number of carbonyl (C=O) groups is 2. The van der Waals surface area contributed by atoms with Crippen molar-refractivity contribution < 1.29 is 27.9 Å². The molecule has 0 spiro atoms. The minimum atomic E-state index is -3.40. The number of sulfone groups is 1. The van der Waals surface area contributed by atoms with Crippen molar-refractivity contribution >= 4 is 21.9 Å². The van der Waals surface area contributed by atoms with E-state index in [-0.39, 0.29) is 12.2 Å². The van der Waals surface area contributed by atoms with E-state index in [1.54, 1.807) is 20.8 Å². The number of rotatable bonds is 3. The molecule has 1 aliphatic rings. The molecular formula is C12H21NO6S. The number of carboxylic acids is 1. The van der Waals surface area contributed by atoms with Crippen LogP contribution in [0.1, 0.15) is 40.5 Å². The lowest BCUT2D eigenvalue weighted by atomic mass is 9.89. The highest BCUT2D eigenvalue weighted by atomic mass is 32.2. The molecule has 2 atom stereocenters. The van der Waals surface area contributed by atoms with Crippen LogP contribution in [0.5, 0.6) is 0 Å². The average Bonchev–Trinajstić information content (AvgIpc) is 2.39. The van der Waals surface area contributed by atoms with E-state index in [2.05, 4.69) is 5.32 Å². The van der Waals surface area contributed by atoms with Crippen molar-refractivity contribution in [1.29, 1.82) is 0 Å². The van der Waals surface area contributed by atoms with E-state index >= 15 is 0 Å². The fourth-order valence-electron chi connectivity index (χ4n) is 2.27. The summed E-state index contributed by atoms with van der Waals surface area (Å²) < 4.78 is 28.8. The van der Waals surface area contributed by atoms with Gasteiger partial charge in [-0.2, -0.15) is 0 Å². The second kappa shape index (κ2) is 5.23. The summed E-state index contributed by atoms with van der Waals surface area (Å²) in [4.78, 5) is 22.8. The zero-order chi connectivity index (χ0) is 15.8. The standard InChI is InChI=1S/C12H21NO6S/c1-8-12(7-9(14)15,5-6-20(8,17)18)13-10(16)19-11(2,3)4/h8H,5-7H2,1-4H3,(H,13,16)(H,14,15). The van der Waals surface area contributed by atoms with Crippen LogP contribution in [-0.2, 0) is 19.4 Å². The summed E-state index contributed by atoms with van der Waals surface area (Å²) in [7, 11) is -3.40. The third-order valence-corrected chi connectivity index (χ3v) is 5.67. The number of aliphatic carboxylic acids is 1. The van der Waals surface area contributed by atoms with Gasteiger partial charge in [-0.05, 0) is 34.1 Å². The molecule has 116 valence electrons. The molecule has 1 fully saturated rings. The summed E-state index contributed by atoms with van der Waals surface area (Å²) in [5, 5.41) is 10.5. The second-order valence-corrected chi connectivity index (χ2v) is 8.55. The van der Waals surface area contributed by atoms with Gasteiger partial charge < -0.3 is 15.2 Å². The molecule has 0 aromatic carbocycles. The van der Waals surface area contributed by atoms with Crippen LogP contribution in [0.3, 0.4) is 0 Å². The van der Waals surface area contributed by atoms with Gasteiger partial charge >= 0.3 is 12.1 Å². The molecule has 2 unspecified atom stereocenters. The fourth-order valence-corrected chi connectivity index (χ4v) is 4.22. The topological polar surface area (TPSA) is 110 Å². The second-order valence-electron chi connectivity index (χ2n) is 6.11. The highest BCUT2D eigenvalue weighted by molar-refractivity contribution is 7.92. The predicted molar refractivity (Wildman–Crippen MR) is 72.2 cm³/mol. The van der Waals surface area contributed by atoms with Crippen LogP contribution in [0, 0.1) is 0 Å². The summed E-state index contributed by atoms with van der Waals surface area (Å²) >= 11 is 0. The van der Waals surface area contributed by atoms with Crippen molar-refractivity contribution in [3.63, 3.8) is 0 Å². The Hall–Kier alpha value is -1.31. The first-order valence-corrected chi connectivity index (χ1v) is 8.04. The summed E-state index contributed by atoms with van der Waals surface area (Å²) in [6, 6.07) is 0. The first-order chi connectivity index (χ1) is 8.88. The molecule has 1 saturated heterocycles. The highest BCUT2D eigenvalue weighted by Crippen LogP contribution is 2.34. The summed E-state index contributed by atoms with van der Waals surface area (Å²) in [5.41, 5.74) is -2.05. The van der Waals surface area contributed by atoms with Crippen molar-refractivity contribution in [3.8, 4) is 0 Å². The molecule has 8 heteroatoms. The van der Waals surface area contributed by atoms with Crippen LogP contribution in [0.2, 0.25) is 0 Å². The Morgan fingerprint density at radius 3 is 2.30 bits per heavy atom. The molecule has 2 N–H and O–H groups in total. The Kier molecular flexibility index (Phi) is 4.38. The number of amides is 1. The van der Waals surface area contributed by atoms with E-state index in [1.807, 2.05) is 0 Å². The highest BCUT2D eigenvalue weighted by Gasteiger charge is 2.52. The number of carbonyl (C=O) groups excluding carboxylic acids is 1. The molecule has 0 aromatic rings. The Bertz CT molecular complexity index is 507. The number of hydrogen-bond acceptors (Lipinski definition) is 5. The number of ether oxygens (including phenoxy) is 1. The normalized spacial score (nSPS) is 28.9. The van der Waals surface area contributed by atoms with Crippen LogP contribution < -0.4 is 5.32 Å². The molecule has 1 amide bonds. The Morgan fingerprint density at radius 1 is 1.40 bits per heavy atom. The van der Waals surface area contributed by atoms with E-state index in [0.29, 0.717) is 0 Å². The van der Waals surface area contributed by atoms with Gasteiger partial charge in [-0.15, -0.1) is 0 Å². The van der Waals surface area contributed by atoms with Gasteiger partial charge in [0.1, 0.15) is 5.60 Å². The molecule has 0 aliphatic carbocycles. The molecule has 1 rings (SSSR count). The van der Waals surface area contributed by atoms with Crippen LogP contribution >= 0.6 is 0 Å². The zero-order valence-corrected chi connectivity index (χ0v) is 12.9. The summed E-state index contributed by atoms with van der Waals surface area (Å²) in [5.74, 6) is -1.30. The van der Waals surface area contributed by atoms with Crippen molar-refractivity contribution in [1.82, 2.24) is 5.32 Å². The largest absolute Gasteiger partial charge is 0.481 e. The lowest BCUT2D eigenvalue weighted by Crippen LogP contribution is -2.56. The van der Waals surface area contributed by atoms with Crippen molar-refractivity contribution in [3.05, 3.63) is 0 Å². The maximum absolute atomic E-state index is 11.8. The minimum Gasteiger partial charge on any atom is -0.481 e. The Morgan fingerprint density at radius 2 is 1.95 bits per heavy atom. The van der Waals surface area contributed by atoms with Gasteiger partial charge in [0.2, 0.25) is 0 Å². The van der Waals surface area contributed by atoms with Crippen molar-refractivity contribution in [2.24, 2.45) is 0 Å². The average molecular weight is 307 g/mol. The van der Waals surface area contributed by atoms with Crippen LogP contribution in [0.15, 0.2) is 0 Å². The molecule has 20 heavy (non-hydrogen) atoms. The van der Waals surface area contributed by atoms with Crippen molar-refractivity contribution in [2.75, 3.05) is 5.75 Å². The maximum atomic E-state index is 11.8. The molecule has 1 aliphatic heterocycles. The van der Waals surface area contributed by atoms with E-state index in [0.717, 1.165) is 0 Å². The number of alkyl carbamates (subject to hydrolysis) is 1. The van der Waals surface area contributed by atoms with E-state index in [9.17, 15) is 18.0 Å². The molecule has 0 aromatic heterocycles. The zero-order valence-electron chi connectivity index (χ0n) is 12.1. The first-order valence-electron chi connectivity index (χ1n) is 6.32. The summed E-state index contributed by atoms with van der Waals surface area (Å²) in [6.07, 6.45) is -1.18. The number of nitrogens with one attached hydrogen (secondary N) is 1. The van der Waals surface area contributed by atoms with Gasteiger partial charge in [-0.25, -0.2) is 13.2 Å². The van der Waals surface area contributed by atoms with Gasteiger partial charge in [0.05, 0.1) is 23.0 Å². The number of hydrogen-bond donors (Lipinski definition) is 2. The lowest BCUT2D eigenvalue weighted by molar-refractivity contribution is -0.138. The maximum Gasteiger partial charge on any atom is 0.408 e. The van der Waals surface area contributed by atoms with E-state index < -0.39 is 44.7 Å². The smallest absolute Gasteiger partial charge is 0.408 e. The third-order valence-electron chi connectivity index (χ3n) is 3.37. The Labute approximate surface area is 118 Å². The van der Waals surface area contributed by atoms with Gasteiger partial charge in [-0.1, -0.05) is 0 Å². The van der Waals surface area contributed by atoms with Gasteiger partial charge in [0.15, 0.2) is 9.84 Å². The fraction of sp³-hybridized carbons (Fsp3) is 0.833. The van der Waals surface area contributed by atoms with Gasteiger partial charge in [0, 0.05) is 0 Å². The third kappa shape index (κ3) is 3.84. The van der Waals surface area contributed by atoms with Crippen LogP contribution in [0.25, 0.3) is 0 Å². The molecule has 7 nitrogen and oxygen atoms in total. The van der Waals surface area contributed by atoms with Gasteiger partial charge in [-0.3, -0.25) is 4.79 Å². The van der Waals surface area contributed by atoms with E-state index in [4.69, 9.17) is 9.84 Å². The van der Waals surface area contributed by atoms with E-state index in [1.165, 1.54) is 6.92 Å². The molecule has 1 heterocycles. The van der Waals surface area contributed by atoms with Crippen LogP contribution in [-0.4, -0.2) is 47.7 Å². The quantitative estimate of drug-likeness (QED) is 0.802. The van der Waals surface area contributed by atoms with Crippen molar-refractivity contribution in [2.45, 2.75) is 56.9 Å². The molecule has 0 bridgehead atoms. The Balaban J connectivity index is 2.98. The summed E-state index contributed by atoms with van der Waals surface area (Å²) in [6.45, 7) is 6.43. The SMILES string of the molecule is CC1C(CC(=O)O)(NC(=O)OC(C)(C)C)CCS1(=O)=O. The lowest BCUT2D eigenvalue weighted by Gasteiger charge is -2.33. The van der Waals surface area contributed by atoms with Crippen LogP contribution in [0.4, 0.5) is 4.79 Å². The minimum absolute atomic E-state index is 0.0715.